The van der Waals surface area contributed by atoms with Crippen molar-refractivity contribution >= 4 is 0 Å². The van der Waals surface area contributed by atoms with Crippen molar-refractivity contribution in [2.45, 2.75) is 50.9 Å². The van der Waals surface area contributed by atoms with E-state index in [1.165, 1.54) is 16.7 Å². The fourth-order valence-corrected chi connectivity index (χ4v) is 4.38. The molecule has 0 aromatic heterocycles. The molecule has 3 aromatic rings. The minimum atomic E-state index is -0.543. The van der Waals surface area contributed by atoms with E-state index in [4.69, 9.17) is 4.74 Å². The third-order valence-corrected chi connectivity index (χ3v) is 6.04. The summed E-state index contributed by atoms with van der Waals surface area (Å²) < 4.78 is 5.78. The first-order valence-corrected chi connectivity index (χ1v) is 10.9. The molecule has 0 saturated heterocycles. The summed E-state index contributed by atoms with van der Waals surface area (Å²) in [7, 11) is 0. The van der Waals surface area contributed by atoms with E-state index in [0.717, 1.165) is 30.7 Å². The maximum absolute atomic E-state index is 10.9. The van der Waals surface area contributed by atoms with Gasteiger partial charge < -0.3 is 15.2 Å². The summed E-state index contributed by atoms with van der Waals surface area (Å²) in [5.74, 6) is 1.29. The van der Waals surface area contributed by atoms with Crippen molar-refractivity contribution in [3.8, 4) is 5.75 Å². The van der Waals surface area contributed by atoms with Crippen molar-refractivity contribution in [2.24, 2.45) is 0 Å². The largest absolute Gasteiger partial charge is 0.490 e. The van der Waals surface area contributed by atoms with Crippen LogP contribution in [0.3, 0.4) is 0 Å². The Labute approximate surface area is 179 Å². The fourth-order valence-electron chi connectivity index (χ4n) is 4.38. The van der Waals surface area contributed by atoms with E-state index in [1.807, 2.05) is 12.1 Å². The van der Waals surface area contributed by atoms with E-state index in [0.29, 0.717) is 5.92 Å². The van der Waals surface area contributed by atoms with Gasteiger partial charge in [0.2, 0.25) is 0 Å². The summed E-state index contributed by atoms with van der Waals surface area (Å²) in [6.45, 7) is 4.96. The first kappa shape index (κ1) is 20.6. The predicted octanol–water partition coefficient (Wildman–Crippen LogP) is 5.24. The molecule has 1 heterocycles. The van der Waals surface area contributed by atoms with Crippen molar-refractivity contribution in [1.29, 1.82) is 0 Å². The van der Waals surface area contributed by atoms with E-state index in [9.17, 15) is 5.11 Å². The minimum Gasteiger partial charge on any atom is -0.490 e. The molecule has 30 heavy (non-hydrogen) atoms. The molecule has 0 aliphatic carbocycles. The zero-order chi connectivity index (χ0) is 20.9. The Kier molecular flexibility index (Phi) is 6.51. The summed E-state index contributed by atoms with van der Waals surface area (Å²) in [5.41, 5.74) is 4.80. The second-order valence-electron chi connectivity index (χ2n) is 8.35. The second-order valence-corrected chi connectivity index (χ2v) is 8.35. The number of ether oxygens (including phenoxy) is 1. The van der Waals surface area contributed by atoms with Gasteiger partial charge in [0.25, 0.3) is 0 Å². The lowest BCUT2D eigenvalue weighted by molar-refractivity contribution is 0.136. The van der Waals surface area contributed by atoms with E-state index in [-0.39, 0.29) is 12.1 Å². The monoisotopic (exact) mass is 401 g/mol. The highest BCUT2D eigenvalue weighted by Crippen LogP contribution is 2.32. The molecule has 0 fully saturated rings. The molecule has 4 rings (SSSR count). The Morgan fingerprint density at radius 1 is 0.933 bits per heavy atom. The van der Waals surface area contributed by atoms with Crippen LogP contribution in [-0.4, -0.2) is 23.8 Å². The van der Waals surface area contributed by atoms with Gasteiger partial charge in [-0.25, -0.2) is 0 Å². The highest BCUT2D eigenvalue weighted by Gasteiger charge is 2.23. The number of hydrogen-bond donors (Lipinski definition) is 2. The Morgan fingerprint density at radius 3 is 2.20 bits per heavy atom. The summed E-state index contributed by atoms with van der Waals surface area (Å²) in [4.78, 5) is 0. The maximum atomic E-state index is 10.9. The Balaban J connectivity index is 1.39. The summed E-state index contributed by atoms with van der Waals surface area (Å²) in [6, 6.07) is 27.4. The molecule has 3 unspecified atom stereocenters. The van der Waals surface area contributed by atoms with E-state index < -0.39 is 6.10 Å². The molecule has 156 valence electrons. The van der Waals surface area contributed by atoms with Crippen LogP contribution in [0.1, 0.15) is 54.5 Å². The summed E-state index contributed by atoms with van der Waals surface area (Å²) in [6.07, 6.45) is 1.56. The van der Waals surface area contributed by atoms with Crippen molar-refractivity contribution in [1.82, 2.24) is 5.32 Å². The lowest BCUT2D eigenvalue weighted by atomic mass is 9.88. The molecule has 3 aromatic carbocycles. The summed E-state index contributed by atoms with van der Waals surface area (Å²) >= 11 is 0. The van der Waals surface area contributed by atoms with Gasteiger partial charge in [-0.1, -0.05) is 66.7 Å². The smallest absolute Gasteiger partial charge is 0.123 e. The number of rotatable bonds is 8. The highest BCUT2D eigenvalue weighted by atomic mass is 16.5. The van der Waals surface area contributed by atoms with Crippen LogP contribution in [-0.2, 0) is 6.42 Å². The average molecular weight is 402 g/mol. The van der Waals surface area contributed by atoms with Gasteiger partial charge in [-0.3, -0.25) is 0 Å². The lowest BCUT2D eigenvalue weighted by Crippen LogP contribution is -2.33. The van der Waals surface area contributed by atoms with E-state index in [2.05, 4.69) is 85.9 Å². The van der Waals surface area contributed by atoms with Crippen molar-refractivity contribution < 1.29 is 9.84 Å². The lowest BCUT2D eigenvalue weighted by Gasteiger charge is -2.23. The van der Waals surface area contributed by atoms with Gasteiger partial charge in [0.15, 0.2) is 0 Å². The number of aliphatic hydroxyl groups excluding tert-OH is 1. The minimum absolute atomic E-state index is 0.0324. The van der Waals surface area contributed by atoms with Gasteiger partial charge in [0, 0.05) is 18.4 Å². The Hall–Kier alpha value is -2.62. The molecule has 3 nitrogen and oxygen atoms in total. The van der Waals surface area contributed by atoms with Crippen LogP contribution in [0.5, 0.6) is 5.75 Å². The predicted molar refractivity (Wildman–Crippen MR) is 122 cm³/mol. The molecule has 1 aliphatic rings. The molecule has 0 bridgehead atoms. The van der Waals surface area contributed by atoms with Gasteiger partial charge in [0.1, 0.15) is 11.9 Å². The standard InChI is InChI=1S/C27H31NO2/c1-19-17-24-18-23(13-14-26(24)30-19)27(29)20(2)28-16-15-25(21-9-5-3-6-10-21)22-11-7-4-8-12-22/h3-14,18-20,25,27-29H,15-17H2,1-2H3. The van der Waals surface area contributed by atoms with Crippen molar-refractivity contribution in [3.63, 3.8) is 0 Å². The van der Waals surface area contributed by atoms with Gasteiger partial charge in [-0.2, -0.15) is 0 Å². The Morgan fingerprint density at radius 2 is 1.57 bits per heavy atom. The van der Waals surface area contributed by atoms with Crippen molar-refractivity contribution in [3.05, 3.63) is 101 Å². The zero-order valence-corrected chi connectivity index (χ0v) is 17.8. The number of hydrogen-bond acceptors (Lipinski definition) is 3. The number of fused-ring (bicyclic) bond motifs is 1. The fraction of sp³-hybridized carbons (Fsp3) is 0.333. The number of nitrogens with one attached hydrogen (secondary N) is 1. The normalized spacial score (nSPS) is 17.4. The van der Waals surface area contributed by atoms with Gasteiger partial charge >= 0.3 is 0 Å². The second kappa shape index (κ2) is 9.46. The van der Waals surface area contributed by atoms with Crippen LogP contribution in [0, 0.1) is 0 Å². The topological polar surface area (TPSA) is 41.5 Å². The van der Waals surface area contributed by atoms with Gasteiger partial charge in [0.05, 0.1) is 6.10 Å². The van der Waals surface area contributed by atoms with E-state index in [1.54, 1.807) is 0 Å². The highest BCUT2D eigenvalue weighted by molar-refractivity contribution is 5.41. The molecule has 0 radical (unpaired) electrons. The molecule has 3 atom stereocenters. The molecule has 1 aliphatic heterocycles. The van der Waals surface area contributed by atoms with Crippen molar-refractivity contribution in [2.75, 3.05) is 6.54 Å². The average Bonchev–Trinajstić information content (AvgIpc) is 3.16. The molecule has 0 spiro atoms. The van der Waals surface area contributed by atoms with Crippen LogP contribution in [0.4, 0.5) is 0 Å². The molecule has 0 saturated carbocycles. The zero-order valence-electron chi connectivity index (χ0n) is 17.8. The van der Waals surface area contributed by atoms with Crippen LogP contribution in [0.25, 0.3) is 0 Å². The van der Waals surface area contributed by atoms with Gasteiger partial charge in [-0.05, 0) is 61.2 Å². The molecule has 2 N–H and O–H groups in total. The van der Waals surface area contributed by atoms with Crippen LogP contribution >= 0.6 is 0 Å². The summed E-state index contributed by atoms with van der Waals surface area (Å²) in [5, 5.41) is 14.4. The first-order valence-electron chi connectivity index (χ1n) is 10.9. The third kappa shape index (κ3) is 4.75. The van der Waals surface area contributed by atoms with Crippen LogP contribution < -0.4 is 10.1 Å². The van der Waals surface area contributed by atoms with Crippen LogP contribution in [0.15, 0.2) is 78.9 Å². The van der Waals surface area contributed by atoms with E-state index >= 15 is 0 Å². The quantitative estimate of drug-likeness (QED) is 0.542. The molecule has 0 amide bonds. The molecular weight excluding hydrogens is 370 g/mol. The van der Waals surface area contributed by atoms with Crippen LogP contribution in [0.2, 0.25) is 0 Å². The first-order chi connectivity index (χ1) is 14.6. The number of benzene rings is 3. The molecule has 3 heteroatoms. The molecular formula is C27H31NO2. The maximum Gasteiger partial charge on any atom is 0.123 e. The Bertz CT molecular complexity index is 902. The SMILES string of the molecule is CC1Cc2cc(C(O)C(C)NCCC(c3ccccc3)c3ccccc3)ccc2O1. The van der Waals surface area contributed by atoms with Gasteiger partial charge in [-0.15, -0.1) is 0 Å². The third-order valence-electron chi connectivity index (χ3n) is 6.04. The number of aliphatic hydroxyl groups is 1.